The fourth-order valence-electron chi connectivity index (χ4n) is 2.56. The summed E-state index contributed by atoms with van der Waals surface area (Å²) in [5.41, 5.74) is 5.04. The van der Waals surface area contributed by atoms with Crippen molar-refractivity contribution < 1.29 is 13.9 Å². The summed E-state index contributed by atoms with van der Waals surface area (Å²) in [6.07, 6.45) is 1.42. The molecule has 1 heterocycles. The molecule has 5 nitrogen and oxygen atoms in total. The number of amides is 1. The minimum atomic E-state index is -0.386. The second-order valence-electron chi connectivity index (χ2n) is 6.17. The van der Waals surface area contributed by atoms with Gasteiger partial charge in [0.25, 0.3) is 5.91 Å². The van der Waals surface area contributed by atoms with Crippen molar-refractivity contribution in [3.8, 4) is 17.1 Å². The number of hydrogen-bond acceptors (Lipinski definition) is 4. The van der Waals surface area contributed by atoms with Crippen LogP contribution in [0.15, 0.2) is 58.0 Å². The number of furan rings is 1. The molecular weight excluding hydrogens is 399 g/mol. The Hall–Kier alpha value is -2.76. The lowest BCUT2D eigenvalue weighted by molar-refractivity contribution is -0.123. The number of halogens is 2. The van der Waals surface area contributed by atoms with Gasteiger partial charge in [-0.05, 0) is 61.4 Å². The van der Waals surface area contributed by atoms with E-state index in [2.05, 4.69) is 10.5 Å². The summed E-state index contributed by atoms with van der Waals surface area (Å²) in [5.74, 6) is 1.35. The van der Waals surface area contributed by atoms with Crippen LogP contribution in [0.25, 0.3) is 11.3 Å². The molecule has 1 N–H and O–H groups in total. The van der Waals surface area contributed by atoms with Gasteiger partial charge in [-0.15, -0.1) is 0 Å². The Labute approximate surface area is 172 Å². The molecule has 1 amide bonds. The maximum absolute atomic E-state index is 11.9. The standard InChI is InChI=1S/C21H18Cl2N2O3/c1-13-8-18(9-14(2)21(13)23)27-12-20(26)25-24-11-17-6-7-19(28-17)15-4-3-5-16(22)10-15/h3-11H,12H2,1-2H3,(H,25,26)/b24-11-. The van der Waals surface area contributed by atoms with Crippen LogP contribution in [0.1, 0.15) is 16.9 Å². The lowest BCUT2D eigenvalue weighted by Gasteiger charge is -2.09. The van der Waals surface area contributed by atoms with Gasteiger partial charge in [-0.1, -0.05) is 35.3 Å². The minimum Gasteiger partial charge on any atom is -0.484 e. The van der Waals surface area contributed by atoms with Gasteiger partial charge in [0.2, 0.25) is 0 Å². The predicted octanol–water partition coefficient (Wildman–Crippen LogP) is 5.40. The zero-order valence-electron chi connectivity index (χ0n) is 15.3. The Morgan fingerprint density at radius 3 is 2.61 bits per heavy atom. The molecule has 0 saturated heterocycles. The Balaban J connectivity index is 1.53. The molecule has 0 aliphatic carbocycles. The highest BCUT2D eigenvalue weighted by Gasteiger charge is 2.07. The molecule has 1 aromatic heterocycles. The fourth-order valence-corrected chi connectivity index (χ4v) is 2.86. The molecule has 3 aromatic rings. The summed E-state index contributed by atoms with van der Waals surface area (Å²) in [6.45, 7) is 3.60. The first kappa shape index (κ1) is 20.0. The third-order valence-electron chi connectivity index (χ3n) is 3.90. The Morgan fingerprint density at radius 2 is 1.89 bits per heavy atom. The van der Waals surface area contributed by atoms with Crippen molar-refractivity contribution in [2.45, 2.75) is 13.8 Å². The van der Waals surface area contributed by atoms with Crippen LogP contribution in [-0.2, 0) is 4.79 Å². The van der Waals surface area contributed by atoms with Gasteiger partial charge in [0.05, 0.1) is 6.21 Å². The molecule has 3 rings (SSSR count). The topological polar surface area (TPSA) is 63.8 Å². The summed E-state index contributed by atoms with van der Waals surface area (Å²) in [6, 6.07) is 14.5. The second kappa shape index (κ2) is 8.95. The maximum Gasteiger partial charge on any atom is 0.277 e. The van der Waals surface area contributed by atoms with Crippen LogP contribution >= 0.6 is 23.2 Å². The summed E-state index contributed by atoms with van der Waals surface area (Å²) < 4.78 is 11.2. The number of hydrogen-bond donors (Lipinski definition) is 1. The Bertz CT molecular complexity index is 1000. The van der Waals surface area contributed by atoms with E-state index in [1.54, 1.807) is 30.3 Å². The van der Waals surface area contributed by atoms with E-state index < -0.39 is 0 Å². The van der Waals surface area contributed by atoms with Crippen LogP contribution in [0.2, 0.25) is 10.0 Å². The van der Waals surface area contributed by atoms with E-state index in [1.165, 1.54) is 6.21 Å². The SMILES string of the molecule is Cc1cc(OCC(=O)N/N=C\c2ccc(-c3cccc(Cl)c3)o2)cc(C)c1Cl. The number of aryl methyl sites for hydroxylation is 2. The predicted molar refractivity (Wildman–Crippen MR) is 111 cm³/mol. The summed E-state index contributed by atoms with van der Waals surface area (Å²) in [7, 11) is 0. The first-order valence-corrected chi connectivity index (χ1v) is 9.25. The third-order valence-corrected chi connectivity index (χ3v) is 4.73. The number of benzene rings is 2. The van der Waals surface area contributed by atoms with Gasteiger partial charge in [-0.2, -0.15) is 5.10 Å². The zero-order valence-corrected chi connectivity index (χ0v) is 16.8. The van der Waals surface area contributed by atoms with Crippen molar-refractivity contribution in [2.75, 3.05) is 6.61 Å². The van der Waals surface area contributed by atoms with Crippen LogP contribution < -0.4 is 10.2 Å². The van der Waals surface area contributed by atoms with Gasteiger partial charge < -0.3 is 9.15 Å². The van der Waals surface area contributed by atoms with E-state index >= 15 is 0 Å². The van der Waals surface area contributed by atoms with Gasteiger partial charge in [0.15, 0.2) is 6.61 Å². The quantitative estimate of drug-likeness (QED) is 0.432. The number of carbonyl (C=O) groups excluding carboxylic acids is 1. The number of rotatable bonds is 6. The van der Waals surface area contributed by atoms with E-state index in [9.17, 15) is 4.79 Å². The van der Waals surface area contributed by atoms with Crippen molar-refractivity contribution in [3.05, 3.63) is 75.5 Å². The molecule has 0 bridgehead atoms. The maximum atomic E-state index is 11.9. The van der Waals surface area contributed by atoms with Gasteiger partial charge in [0, 0.05) is 15.6 Å². The molecule has 0 radical (unpaired) electrons. The van der Waals surface area contributed by atoms with Gasteiger partial charge in [-0.3, -0.25) is 4.79 Å². The van der Waals surface area contributed by atoms with Crippen LogP contribution in [-0.4, -0.2) is 18.7 Å². The fraction of sp³-hybridized carbons (Fsp3) is 0.143. The molecule has 144 valence electrons. The Morgan fingerprint density at radius 1 is 1.14 bits per heavy atom. The van der Waals surface area contributed by atoms with Gasteiger partial charge in [0.1, 0.15) is 17.3 Å². The van der Waals surface area contributed by atoms with Gasteiger partial charge in [-0.25, -0.2) is 5.43 Å². The molecule has 0 aliphatic rings. The lowest BCUT2D eigenvalue weighted by atomic mass is 10.1. The van der Waals surface area contributed by atoms with Crippen LogP contribution in [0.5, 0.6) is 5.75 Å². The van der Waals surface area contributed by atoms with Gasteiger partial charge >= 0.3 is 0 Å². The highest BCUT2D eigenvalue weighted by molar-refractivity contribution is 6.32. The van der Waals surface area contributed by atoms with E-state index in [4.69, 9.17) is 32.4 Å². The third kappa shape index (κ3) is 5.15. The summed E-state index contributed by atoms with van der Waals surface area (Å²) in [4.78, 5) is 11.9. The molecule has 0 aliphatic heterocycles. The molecule has 0 atom stereocenters. The average molecular weight is 417 g/mol. The lowest BCUT2D eigenvalue weighted by Crippen LogP contribution is -2.24. The average Bonchev–Trinajstić information content (AvgIpc) is 3.13. The van der Waals surface area contributed by atoms with E-state index in [0.29, 0.717) is 27.3 Å². The van der Waals surface area contributed by atoms with E-state index in [1.807, 2.05) is 32.0 Å². The van der Waals surface area contributed by atoms with Crippen molar-refractivity contribution in [3.63, 3.8) is 0 Å². The molecule has 28 heavy (non-hydrogen) atoms. The summed E-state index contributed by atoms with van der Waals surface area (Å²) in [5, 5.41) is 5.20. The molecule has 7 heteroatoms. The number of nitrogens with zero attached hydrogens (tertiary/aromatic N) is 1. The van der Waals surface area contributed by atoms with E-state index in [-0.39, 0.29) is 12.5 Å². The van der Waals surface area contributed by atoms with Crippen LogP contribution in [0.4, 0.5) is 0 Å². The summed E-state index contributed by atoms with van der Waals surface area (Å²) >= 11 is 12.1. The second-order valence-corrected chi connectivity index (χ2v) is 6.98. The zero-order chi connectivity index (χ0) is 20.1. The minimum absolute atomic E-state index is 0.163. The number of carbonyl (C=O) groups is 1. The van der Waals surface area contributed by atoms with Crippen LogP contribution in [0.3, 0.4) is 0 Å². The van der Waals surface area contributed by atoms with Crippen molar-refractivity contribution in [1.82, 2.24) is 5.43 Å². The first-order valence-electron chi connectivity index (χ1n) is 8.49. The monoisotopic (exact) mass is 416 g/mol. The molecule has 2 aromatic carbocycles. The van der Waals surface area contributed by atoms with Crippen LogP contribution in [0, 0.1) is 13.8 Å². The first-order chi connectivity index (χ1) is 13.4. The number of nitrogens with one attached hydrogen (secondary N) is 1. The molecule has 0 spiro atoms. The van der Waals surface area contributed by atoms with E-state index in [0.717, 1.165) is 16.7 Å². The molecular formula is C21H18Cl2N2O3. The van der Waals surface area contributed by atoms with Crippen molar-refractivity contribution in [1.29, 1.82) is 0 Å². The number of hydrazone groups is 1. The normalized spacial score (nSPS) is 11.0. The smallest absolute Gasteiger partial charge is 0.277 e. The van der Waals surface area contributed by atoms with Crippen molar-refractivity contribution in [2.24, 2.45) is 5.10 Å². The van der Waals surface area contributed by atoms with Crippen molar-refractivity contribution >= 4 is 35.3 Å². The molecule has 0 fully saturated rings. The largest absolute Gasteiger partial charge is 0.484 e. The number of ether oxygens (including phenoxy) is 1. The Kier molecular flexibility index (Phi) is 6.39. The highest BCUT2D eigenvalue weighted by atomic mass is 35.5. The highest BCUT2D eigenvalue weighted by Crippen LogP contribution is 2.26. The molecule has 0 saturated carbocycles. The molecule has 0 unspecified atom stereocenters.